The smallest absolute Gasteiger partial charge is 0.264 e. The highest BCUT2D eigenvalue weighted by molar-refractivity contribution is 7.92. The van der Waals surface area contributed by atoms with Gasteiger partial charge in [-0.1, -0.05) is 74.2 Å². The molecule has 0 bridgehead atoms. The fraction of sp³-hybridized carbons (Fsp3) is 0.412. The lowest BCUT2D eigenvalue weighted by Gasteiger charge is -2.34. The van der Waals surface area contributed by atoms with Gasteiger partial charge in [0, 0.05) is 18.7 Å². The second-order valence-electron chi connectivity index (χ2n) is 11.1. The zero-order chi connectivity index (χ0) is 31.7. The first kappa shape index (κ1) is 32.9. The minimum Gasteiger partial charge on any atom is -0.493 e. The van der Waals surface area contributed by atoms with Crippen LogP contribution in [0.3, 0.4) is 0 Å². The highest BCUT2D eigenvalue weighted by Crippen LogP contribution is 2.34. The van der Waals surface area contributed by atoms with Crippen molar-refractivity contribution in [2.75, 3.05) is 25.1 Å². The van der Waals surface area contributed by atoms with Gasteiger partial charge in [0.2, 0.25) is 11.8 Å². The van der Waals surface area contributed by atoms with Gasteiger partial charge in [-0.25, -0.2) is 8.42 Å². The van der Waals surface area contributed by atoms with Gasteiger partial charge in [-0.05, 0) is 56.0 Å². The molecule has 9 nitrogen and oxygen atoms in total. The average molecular weight is 622 g/mol. The molecule has 10 heteroatoms. The lowest BCUT2D eigenvalue weighted by molar-refractivity contribution is -0.140. The molecule has 0 heterocycles. The summed E-state index contributed by atoms with van der Waals surface area (Å²) >= 11 is 0. The van der Waals surface area contributed by atoms with Gasteiger partial charge in [-0.15, -0.1) is 0 Å². The van der Waals surface area contributed by atoms with Gasteiger partial charge in [-0.3, -0.25) is 13.9 Å². The number of anilines is 1. The number of sulfonamides is 1. The van der Waals surface area contributed by atoms with Crippen molar-refractivity contribution in [2.24, 2.45) is 0 Å². The zero-order valence-electron chi connectivity index (χ0n) is 26.0. The van der Waals surface area contributed by atoms with Crippen molar-refractivity contribution in [3.05, 3.63) is 83.9 Å². The number of methoxy groups -OCH3 is 2. The highest BCUT2D eigenvalue weighted by atomic mass is 32.2. The van der Waals surface area contributed by atoms with Crippen molar-refractivity contribution in [3.8, 4) is 11.5 Å². The van der Waals surface area contributed by atoms with Crippen molar-refractivity contribution in [3.63, 3.8) is 0 Å². The monoisotopic (exact) mass is 621 g/mol. The van der Waals surface area contributed by atoms with Crippen LogP contribution in [0.4, 0.5) is 5.69 Å². The van der Waals surface area contributed by atoms with Gasteiger partial charge in [0.25, 0.3) is 10.0 Å². The SMILES string of the molecule is CCC(C(=O)NC1CCCCC1)N(Cc1ccccc1)C(=O)CN(c1ccc(OC)c(OC)c1)S(=O)(=O)c1ccc(C)cc1. The maximum Gasteiger partial charge on any atom is 0.264 e. The number of benzene rings is 3. The highest BCUT2D eigenvalue weighted by Gasteiger charge is 2.34. The number of aryl methyl sites for hydroxylation is 1. The van der Waals surface area contributed by atoms with Crippen LogP contribution in [-0.2, 0) is 26.2 Å². The molecule has 0 aromatic heterocycles. The Kier molecular flexibility index (Phi) is 11.3. The van der Waals surface area contributed by atoms with E-state index in [1.807, 2.05) is 44.2 Å². The van der Waals surface area contributed by atoms with E-state index in [2.05, 4.69) is 5.32 Å². The number of carbonyl (C=O) groups is 2. The summed E-state index contributed by atoms with van der Waals surface area (Å²) in [5.41, 5.74) is 1.97. The lowest BCUT2D eigenvalue weighted by Crippen LogP contribution is -2.54. The third-order valence-corrected chi connectivity index (χ3v) is 9.86. The summed E-state index contributed by atoms with van der Waals surface area (Å²) in [4.78, 5) is 29.5. The van der Waals surface area contributed by atoms with E-state index < -0.39 is 28.5 Å². The van der Waals surface area contributed by atoms with Crippen molar-refractivity contribution in [2.45, 2.75) is 75.9 Å². The molecule has 1 atom stereocenters. The largest absolute Gasteiger partial charge is 0.493 e. The molecule has 44 heavy (non-hydrogen) atoms. The summed E-state index contributed by atoms with van der Waals surface area (Å²) in [5.74, 6) is 0.0279. The molecule has 1 fully saturated rings. The average Bonchev–Trinajstić information content (AvgIpc) is 3.04. The first-order valence-corrected chi connectivity index (χ1v) is 16.6. The van der Waals surface area contributed by atoms with Crippen LogP contribution in [0.5, 0.6) is 11.5 Å². The second kappa shape index (κ2) is 15.1. The third kappa shape index (κ3) is 7.91. The second-order valence-corrected chi connectivity index (χ2v) is 13.0. The zero-order valence-corrected chi connectivity index (χ0v) is 26.8. The molecule has 0 aliphatic heterocycles. The van der Waals surface area contributed by atoms with E-state index in [9.17, 15) is 18.0 Å². The molecule has 1 aliphatic carbocycles. The van der Waals surface area contributed by atoms with E-state index in [4.69, 9.17) is 9.47 Å². The van der Waals surface area contributed by atoms with Crippen LogP contribution >= 0.6 is 0 Å². The van der Waals surface area contributed by atoms with Gasteiger partial charge in [-0.2, -0.15) is 0 Å². The predicted molar refractivity (Wildman–Crippen MR) is 171 cm³/mol. The van der Waals surface area contributed by atoms with Gasteiger partial charge in [0.1, 0.15) is 12.6 Å². The standard InChI is InChI=1S/C34H43N3O6S/c1-5-30(34(39)35-27-14-10-7-11-15-27)36(23-26-12-8-6-9-13-26)33(38)24-37(28-18-21-31(42-3)32(22-28)43-4)44(40,41)29-19-16-25(2)17-20-29/h6,8-9,12-13,16-22,27,30H,5,7,10-11,14-15,23-24H2,1-4H3,(H,35,39). The predicted octanol–water partition coefficient (Wildman–Crippen LogP) is 5.46. The van der Waals surface area contributed by atoms with E-state index in [0.717, 1.165) is 47.5 Å². The maximum absolute atomic E-state index is 14.3. The number of carbonyl (C=O) groups excluding carboxylic acids is 2. The van der Waals surface area contributed by atoms with Gasteiger partial charge in [0.05, 0.1) is 24.8 Å². The molecule has 0 radical (unpaired) electrons. The molecule has 0 spiro atoms. The summed E-state index contributed by atoms with van der Waals surface area (Å²) < 4.78 is 40.2. The Morgan fingerprint density at radius 1 is 0.909 bits per heavy atom. The van der Waals surface area contributed by atoms with E-state index in [0.29, 0.717) is 17.9 Å². The summed E-state index contributed by atoms with van der Waals surface area (Å²) in [5, 5.41) is 3.17. The van der Waals surface area contributed by atoms with Crippen LogP contribution in [0, 0.1) is 6.92 Å². The van der Waals surface area contributed by atoms with Gasteiger partial charge < -0.3 is 19.7 Å². The first-order chi connectivity index (χ1) is 21.2. The van der Waals surface area contributed by atoms with Gasteiger partial charge >= 0.3 is 0 Å². The topological polar surface area (TPSA) is 105 Å². The Hall–Kier alpha value is -4.05. The number of ether oxygens (including phenoxy) is 2. The Morgan fingerprint density at radius 2 is 1.57 bits per heavy atom. The number of hydrogen-bond donors (Lipinski definition) is 1. The molecular formula is C34H43N3O6S. The van der Waals surface area contributed by atoms with E-state index in [1.54, 1.807) is 24.3 Å². The number of hydrogen-bond acceptors (Lipinski definition) is 6. The molecule has 2 amide bonds. The molecule has 4 rings (SSSR count). The minimum atomic E-state index is -4.20. The fourth-order valence-electron chi connectivity index (χ4n) is 5.59. The summed E-state index contributed by atoms with van der Waals surface area (Å²) in [6, 6.07) is 19.9. The van der Waals surface area contributed by atoms with Crippen LogP contribution in [0.1, 0.15) is 56.6 Å². The van der Waals surface area contributed by atoms with Crippen LogP contribution in [0.25, 0.3) is 0 Å². The van der Waals surface area contributed by atoms with Crippen molar-refractivity contribution in [1.82, 2.24) is 10.2 Å². The summed E-state index contributed by atoms with van der Waals surface area (Å²) in [6.07, 6.45) is 5.48. The lowest BCUT2D eigenvalue weighted by atomic mass is 9.95. The maximum atomic E-state index is 14.3. The van der Waals surface area contributed by atoms with Crippen LogP contribution in [0.2, 0.25) is 0 Å². The quantitative estimate of drug-likeness (QED) is 0.272. The minimum absolute atomic E-state index is 0.0439. The van der Waals surface area contributed by atoms with Crippen LogP contribution < -0.4 is 19.1 Å². The molecule has 1 N–H and O–H groups in total. The normalized spacial score (nSPS) is 14.4. The molecule has 3 aromatic carbocycles. The number of nitrogens with zero attached hydrogens (tertiary/aromatic N) is 2. The number of amides is 2. The van der Waals surface area contributed by atoms with Crippen molar-refractivity contribution in [1.29, 1.82) is 0 Å². The van der Waals surface area contributed by atoms with Crippen LogP contribution in [-0.4, -0.2) is 58.0 Å². The Labute approximate surface area is 261 Å². The fourth-order valence-corrected chi connectivity index (χ4v) is 7.00. The van der Waals surface area contributed by atoms with Crippen molar-refractivity contribution < 1.29 is 27.5 Å². The van der Waals surface area contributed by atoms with Crippen molar-refractivity contribution >= 4 is 27.5 Å². The Balaban J connectivity index is 1.73. The Bertz CT molecular complexity index is 1510. The summed E-state index contributed by atoms with van der Waals surface area (Å²) in [6.45, 7) is 3.37. The van der Waals surface area contributed by atoms with E-state index >= 15 is 0 Å². The van der Waals surface area contributed by atoms with Gasteiger partial charge in [0.15, 0.2) is 11.5 Å². The summed E-state index contributed by atoms with van der Waals surface area (Å²) in [7, 11) is -1.25. The molecule has 1 unspecified atom stereocenters. The van der Waals surface area contributed by atoms with E-state index in [-0.39, 0.29) is 29.1 Å². The molecule has 236 valence electrons. The number of rotatable bonds is 13. The van der Waals surface area contributed by atoms with E-state index in [1.165, 1.54) is 37.3 Å². The first-order valence-electron chi connectivity index (χ1n) is 15.1. The molecular weight excluding hydrogens is 578 g/mol. The molecule has 1 aliphatic rings. The molecule has 3 aromatic rings. The third-order valence-electron chi connectivity index (χ3n) is 8.08. The Morgan fingerprint density at radius 3 is 2.18 bits per heavy atom. The van der Waals surface area contributed by atoms with Crippen LogP contribution in [0.15, 0.2) is 77.7 Å². The molecule has 0 saturated heterocycles. The molecule has 1 saturated carbocycles. The number of nitrogens with one attached hydrogen (secondary N) is 1.